The molecule has 1 aromatic heterocycles. The molecule has 0 saturated heterocycles. The second kappa shape index (κ2) is 7.17. The average molecular weight is 284 g/mol. The molecule has 0 atom stereocenters. The van der Waals surface area contributed by atoms with Crippen molar-refractivity contribution in [2.45, 2.75) is 6.42 Å². The molecule has 0 spiro atoms. The molecular weight excluding hydrogens is 271 g/mol. The Labute approximate surface area is 121 Å². The van der Waals surface area contributed by atoms with Crippen LogP contribution in [0.3, 0.4) is 0 Å². The Morgan fingerprint density at radius 3 is 2.90 bits per heavy atom. The summed E-state index contributed by atoms with van der Waals surface area (Å²) < 4.78 is 13.9. The number of halogens is 1. The van der Waals surface area contributed by atoms with Gasteiger partial charge in [-0.3, -0.25) is 9.78 Å². The number of hydrogen-bond donors (Lipinski definition) is 2. The van der Waals surface area contributed by atoms with Gasteiger partial charge in [0.05, 0.1) is 17.9 Å². The van der Waals surface area contributed by atoms with E-state index in [0.717, 1.165) is 0 Å². The maximum atomic E-state index is 13.9. The number of amides is 1. The van der Waals surface area contributed by atoms with Crippen molar-refractivity contribution >= 4 is 11.6 Å². The van der Waals surface area contributed by atoms with Gasteiger partial charge in [0.2, 0.25) is 0 Å². The molecule has 106 valence electrons. The number of pyridine rings is 1. The lowest BCUT2D eigenvalue weighted by Gasteiger charge is -2.06. The van der Waals surface area contributed by atoms with Crippen molar-refractivity contribution in [1.29, 1.82) is 0 Å². The highest BCUT2D eigenvalue weighted by atomic mass is 19.1. The molecule has 0 saturated carbocycles. The van der Waals surface area contributed by atoms with Crippen molar-refractivity contribution in [3.05, 3.63) is 59.7 Å². The minimum absolute atomic E-state index is 0.0330. The van der Waals surface area contributed by atoms with Gasteiger partial charge in [0.1, 0.15) is 5.82 Å². The van der Waals surface area contributed by atoms with Crippen LogP contribution < -0.4 is 5.32 Å². The first-order valence-electron chi connectivity index (χ1n) is 6.31. The van der Waals surface area contributed by atoms with E-state index in [9.17, 15) is 9.18 Å². The van der Waals surface area contributed by atoms with Crippen molar-refractivity contribution in [1.82, 2.24) is 4.98 Å². The van der Waals surface area contributed by atoms with E-state index in [4.69, 9.17) is 5.11 Å². The van der Waals surface area contributed by atoms with E-state index in [2.05, 4.69) is 22.1 Å². The number of nitrogens with one attached hydrogen (secondary N) is 1. The van der Waals surface area contributed by atoms with Crippen LogP contribution in [0, 0.1) is 17.7 Å². The van der Waals surface area contributed by atoms with Gasteiger partial charge in [0.25, 0.3) is 5.91 Å². The zero-order valence-corrected chi connectivity index (χ0v) is 11.1. The van der Waals surface area contributed by atoms with E-state index in [0.29, 0.717) is 17.5 Å². The third kappa shape index (κ3) is 4.13. The lowest BCUT2D eigenvalue weighted by atomic mass is 10.2. The number of nitrogens with zero attached hydrogens (tertiary/aromatic N) is 1. The highest BCUT2D eigenvalue weighted by Crippen LogP contribution is 2.16. The Hall–Kier alpha value is -2.71. The molecule has 0 aliphatic rings. The molecule has 2 aromatic rings. The molecule has 0 aliphatic carbocycles. The summed E-state index contributed by atoms with van der Waals surface area (Å²) in [4.78, 5) is 15.7. The van der Waals surface area contributed by atoms with Crippen molar-refractivity contribution in [3.8, 4) is 11.8 Å². The van der Waals surface area contributed by atoms with E-state index in [1.165, 1.54) is 18.3 Å². The highest BCUT2D eigenvalue weighted by molar-refractivity contribution is 6.04. The van der Waals surface area contributed by atoms with E-state index in [1.807, 2.05) is 0 Å². The van der Waals surface area contributed by atoms with Gasteiger partial charge < -0.3 is 10.4 Å². The number of aromatic nitrogens is 1. The molecule has 2 rings (SSSR count). The van der Waals surface area contributed by atoms with Gasteiger partial charge in [0.15, 0.2) is 0 Å². The Morgan fingerprint density at radius 2 is 2.24 bits per heavy atom. The third-order valence-corrected chi connectivity index (χ3v) is 2.61. The molecule has 0 radical (unpaired) electrons. The quantitative estimate of drug-likeness (QED) is 0.849. The van der Waals surface area contributed by atoms with Crippen LogP contribution in [-0.4, -0.2) is 22.6 Å². The Bertz CT molecular complexity index is 690. The van der Waals surface area contributed by atoms with Crippen LogP contribution in [0.15, 0.2) is 42.7 Å². The fraction of sp³-hybridized carbons (Fsp3) is 0.125. The van der Waals surface area contributed by atoms with Gasteiger partial charge in [-0.15, -0.1) is 0 Å². The van der Waals surface area contributed by atoms with Gasteiger partial charge in [-0.25, -0.2) is 4.39 Å². The molecular formula is C16H13FN2O2. The summed E-state index contributed by atoms with van der Waals surface area (Å²) >= 11 is 0. The molecule has 0 aliphatic heterocycles. The third-order valence-electron chi connectivity index (χ3n) is 2.61. The smallest absolute Gasteiger partial charge is 0.257 e. The van der Waals surface area contributed by atoms with Crippen molar-refractivity contribution in [3.63, 3.8) is 0 Å². The van der Waals surface area contributed by atoms with Gasteiger partial charge in [0, 0.05) is 24.4 Å². The SMILES string of the molecule is O=C(Nc1ccc(C#CCCO)cc1F)c1cccnc1. The first-order chi connectivity index (χ1) is 10.2. The Balaban J connectivity index is 2.12. The summed E-state index contributed by atoms with van der Waals surface area (Å²) in [6, 6.07) is 7.52. The van der Waals surface area contributed by atoms with Crippen molar-refractivity contribution in [2.24, 2.45) is 0 Å². The van der Waals surface area contributed by atoms with Crippen LogP contribution in [0.2, 0.25) is 0 Å². The molecule has 0 bridgehead atoms. The van der Waals surface area contributed by atoms with E-state index in [1.54, 1.807) is 24.4 Å². The molecule has 1 amide bonds. The van der Waals surface area contributed by atoms with Crippen LogP contribution >= 0.6 is 0 Å². The molecule has 4 nitrogen and oxygen atoms in total. The monoisotopic (exact) mass is 284 g/mol. The summed E-state index contributed by atoms with van der Waals surface area (Å²) in [5.41, 5.74) is 0.917. The van der Waals surface area contributed by atoms with Gasteiger partial charge in [-0.1, -0.05) is 11.8 Å². The molecule has 5 heteroatoms. The van der Waals surface area contributed by atoms with Crippen LogP contribution in [0.4, 0.5) is 10.1 Å². The number of hydrogen-bond acceptors (Lipinski definition) is 3. The number of aliphatic hydroxyl groups excluding tert-OH is 1. The minimum Gasteiger partial charge on any atom is -0.395 e. The number of carbonyl (C=O) groups is 1. The lowest BCUT2D eigenvalue weighted by molar-refractivity contribution is 0.102. The topological polar surface area (TPSA) is 62.2 Å². The molecule has 21 heavy (non-hydrogen) atoms. The summed E-state index contributed by atoms with van der Waals surface area (Å²) in [5, 5.41) is 11.1. The second-order valence-electron chi connectivity index (χ2n) is 4.17. The van der Waals surface area contributed by atoms with Gasteiger partial charge in [-0.2, -0.15) is 0 Å². The molecule has 1 aromatic carbocycles. The molecule has 1 heterocycles. The average Bonchev–Trinajstić information content (AvgIpc) is 2.51. The highest BCUT2D eigenvalue weighted by Gasteiger charge is 2.09. The van der Waals surface area contributed by atoms with E-state index < -0.39 is 11.7 Å². The zero-order chi connectivity index (χ0) is 15.1. The maximum Gasteiger partial charge on any atom is 0.257 e. The standard InChI is InChI=1S/C16H13FN2O2/c17-14-10-12(4-1-2-9-20)6-7-15(14)19-16(21)13-5-3-8-18-11-13/h3,5-8,10-11,20H,2,9H2,(H,19,21). The zero-order valence-electron chi connectivity index (χ0n) is 11.1. The summed E-state index contributed by atoms with van der Waals surface area (Å²) in [5.74, 6) is 4.43. The summed E-state index contributed by atoms with van der Waals surface area (Å²) in [6.45, 7) is -0.0330. The number of carbonyl (C=O) groups excluding carboxylic acids is 1. The number of anilines is 1. The van der Waals surface area contributed by atoms with Crippen LogP contribution in [0.1, 0.15) is 22.3 Å². The molecule has 2 N–H and O–H groups in total. The predicted molar refractivity (Wildman–Crippen MR) is 77.2 cm³/mol. The molecule has 0 unspecified atom stereocenters. The first kappa shape index (κ1) is 14.7. The fourth-order valence-electron chi connectivity index (χ4n) is 1.61. The predicted octanol–water partition coefficient (Wildman–Crippen LogP) is 2.21. The molecule has 0 fully saturated rings. The van der Waals surface area contributed by atoms with Crippen LogP contribution in [-0.2, 0) is 0 Å². The number of rotatable bonds is 3. The summed E-state index contributed by atoms with van der Waals surface area (Å²) in [7, 11) is 0. The van der Waals surface area contributed by atoms with Gasteiger partial charge >= 0.3 is 0 Å². The van der Waals surface area contributed by atoms with Crippen molar-refractivity contribution in [2.75, 3.05) is 11.9 Å². The van der Waals surface area contributed by atoms with Crippen LogP contribution in [0.5, 0.6) is 0 Å². The normalized spacial score (nSPS) is 9.62. The Kier molecular flexibility index (Phi) is 5.02. The van der Waals surface area contributed by atoms with Crippen LogP contribution in [0.25, 0.3) is 0 Å². The van der Waals surface area contributed by atoms with E-state index >= 15 is 0 Å². The maximum absolute atomic E-state index is 13.9. The minimum atomic E-state index is -0.567. The van der Waals surface area contributed by atoms with Crippen molar-refractivity contribution < 1.29 is 14.3 Å². The number of aliphatic hydroxyl groups is 1. The van der Waals surface area contributed by atoms with Gasteiger partial charge in [-0.05, 0) is 30.3 Å². The Morgan fingerprint density at radius 1 is 1.38 bits per heavy atom. The number of benzene rings is 1. The van der Waals surface area contributed by atoms with E-state index in [-0.39, 0.29) is 12.3 Å². The lowest BCUT2D eigenvalue weighted by Crippen LogP contribution is -2.13. The second-order valence-corrected chi connectivity index (χ2v) is 4.17. The fourth-order valence-corrected chi connectivity index (χ4v) is 1.61. The summed E-state index contributed by atoms with van der Waals surface area (Å²) in [6.07, 6.45) is 3.29. The largest absolute Gasteiger partial charge is 0.395 e. The first-order valence-corrected chi connectivity index (χ1v) is 6.31.